The summed E-state index contributed by atoms with van der Waals surface area (Å²) in [6, 6.07) is 2.98. The van der Waals surface area contributed by atoms with E-state index in [1.807, 2.05) is 6.92 Å². The number of thiophene rings is 1. The molecule has 2 rings (SSSR count). The van der Waals surface area contributed by atoms with Crippen molar-refractivity contribution in [1.29, 1.82) is 0 Å². The lowest BCUT2D eigenvalue weighted by Gasteiger charge is -2.25. The van der Waals surface area contributed by atoms with Crippen LogP contribution in [0, 0.1) is 5.92 Å². The monoisotopic (exact) mass is 302 g/mol. The molecular formula is C12H18N2O3S2. The Hall–Kier alpha value is -0.920. The molecule has 1 saturated carbocycles. The van der Waals surface area contributed by atoms with Gasteiger partial charge in [-0.3, -0.25) is 4.79 Å². The third-order valence-electron chi connectivity index (χ3n) is 3.39. The van der Waals surface area contributed by atoms with Crippen LogP contribution in [0.1, 0.15) is 43.5 Å². The zero-order valence-electron chi connectivity index (χ0n) is 10.8. The summed E-state index contributed by atoms with van der Waals surface area (Å²) in [5.41, 5.74) is 0. The minimum Gasteiger partial charge on any atom is -0.349 e. The van der Waals surface area contributed by atoms with E-state index >= 15 is 0 Å². The van der Waals surface area contributed by atoms with E-state index in [-0.39, 0.29) is 16.2 Å². The molecule has 1 aliphatic rings. The molecule has 0 spiro atoms. The Bertz CT molecular complexity index is 561. The maximum absolute atomic E-state index is 11.8. The summed E-state index contributed by atoms with van der Waals surface area (Å²) in [5.74, 6) is 0.554. The highest BCUT2D eigenvalue weighted by Gasteiger charge is 2.22. The van der Waals surface area contributed by atoms with Gasteiger partial charge in [0.25, 0.3) is 0 Å². The van der Waals surface area contributed by atoms with Gasteiger partial charge in [-0.2, -0.15) is 0 Å². The minimum absolute atomic E-state index is 0.0303. The van der Waals surface area contributed by atoms with Gasteiger partial charge in [-0.25, -0.2) is 13.6 Å². The highest BCUT2D eigenvalue weighted by molar-refractivity contribution is 7.91. The third kappa shape index (κ3) is 3.77. The van der Waals surface area contributed by atoms with Crippen LogP contribution in [0.25, 0.3) is 0 Å². The molecule has 0 saturated heterocycles. The second-order valence-electron chi connectivity index (χ2n) is 4.99. The van der Waals surface area contributed by atoms with Crippen molar-refractivity contribution in [3.05, 3.63) is 17.0 Å². The highest BCUT2D eigenvalue weighted by atomic mass is 32.2. The number of nitrogens with two attached hydrogens (primary N) is 1. The van der Waals surface area contributed by atoms with E-state index in [4.69, 9.17) is 5.14 Å². The Labute approximate surface area is 117 Å². The Morgan fingerprint density at radius 3 is 2.68 bits per heavy atom. The summed E-state index contributed by atoms with van der Waals surface area (Å²) >= 11 is 1.10. The molecule has 3 N–H and O–H groups in total. The van der Waals surface area contributed by atoms with Crippen molar-refractivity contribution >= 4 is 27.3 Å². The van der Waals surface area contributed by atoms with Crippen LogP contribution in [0.15, 0.2) is 16.3 Å². The van der Waals surface area contributed by atoms with Gasteiger partial charge in [0.15, 0.2) is 0 Å². The first kappa shape index (κ1) is 14.5. The second-order valence-corrected chi connectivity index (χ2v) is 7.90. The molecule has 19 heavy (non-hydrogen) atoms. The molecule has 1 heterocycles. The van der Waals surface area contributed by atoms with Crippen molar-refractivity contribution in [3.8, 4) is 0 Å². The molecule has 1 aromatic rings. The van der Waals surface area contributed by atoms with Gasteiger partial charge in [-0.05, 0) is 37.8 Å². The second kappa shape index (κ2) is 5.60. The van der Waals surface area contributed by atoms with Gasteiger partial charge in [0.05, 0.1) is 6.04 Å². The fourth-order valence-electron chi connectivity index (χ4n) is 2.05. The van der Waals surface area contributed by atoms with Crippen molar-refractivity contribution in [1.82, 2.24) is 5.32 Å². The summed E-state index contributed by atoms with van der Waals surface area (Å²) in [7, 11) is -3.65. The number of primary sulfonamides is 1. The van der Waals surface area contributed by atoms with E-state index in [0.29, 0.717) is 12.3 Å². The van der Waals surface area contributed by atoms with E-state index in [1.54, 1.807) is 6.07 Å². The van der Waals surface area contributed by atoms with Crippen LogP contribution in [-0.4, -0.2) is 14.3 Å². The number of carbonyl (C=O) groups excluding carboxylic acids is 1. The first-order chi connectivity index (χ1) is 8.86. The molecule has 0 aromatic carbocycles. The van der Waals surface area contributed by atoms with Gasteiger partial charge >= 0.3 is 0 Å². The first-order valence-corrected chi connectivity index (χ1v) is 8.64. The average Bonchev–Trinajstić information content (AvgIpc) is 2.72. The number of nitrogens with one attached hydrogen (secondary N) is 1. The van der Waals surface area contributed by atoms with Crippen molar-refractivity contribution in [2.75, 3.05) is 0 Å². The summed E-state index contributed by atoms with van der Waals surface area (Å²) in [6.45, 7) is 1.84. The van der Waals surface area contributed by atoms with E-state index in [1.165, 1.54) is 12.5 Å². The predicted molar refractivity (Wildman–Crippen MR) is 74.2 cm³/mol. The van der Waals surface area contributed by atoms with Crippen LogP contribution >= 0.6 is 11.3 Å². The number of hydrogen-bond acceptors (Lipinski definition) is 4. The lowest BCUT2D eigenvalue weighted by molar-refractivity contribution is -0.123. The van der Waals surface area contributed by atoms with Gasteiger partial charge in [0.1, 0.15) is 4.21 Å². The number of sulfonamides is 1. The first-order valence-electron chi connectivity index (χ1n) is 6.28. The third-order valence-corrected chi connectivity index (χ3v) is 6.09. The molecular weight excluding hydrogens is 284 g/mol. The fraction of sp³-hybridized carbons (Fsp3) is 0.583. The van der Waals surface area contributed by atoms with Gasteiger partial charge < -0.3 is 5.32 Å². The Balaban J connectivity index is 1.93. The topological polar surface area (TPSA) is 89.3 Å². The van der Waals surface area contributed by atoms with Crippen LogP contribution < -0.4 is 10.5 Å². The van der Waals surface area contributed by atoms with Crippen molar-refractivity contribution in [2.45, 2.75) is 42.9 Å². The van der Waals surface area contributed by atoms with Gasteiger partial charge in [0, 0.05) is 11.3 Å². The fourth-order valence-corrected chi connectivity index (χ4v) is 3.80. The number of amides is 1. The molecule has 1 aromatic heterocycles. The van der Waals surface area contributed by atoms with Crippen LogP contribution in [-0.2, 0) is 14.8 Å². The molecule has 1 amide bonds. The largest absolute Gasteiger partial charge is 0.349 e. The van der Waals surface area contributed by atoms with Crippen LogP contribution in [0.2, 0.25) is 0 Å². The van der Waals surface area contributed by atoms with Crippen LogP contribution in [0.4, 0.5) is 0 Å². The quantitative estimate of drug-likeness (QED) is 0.868. The molecule has 1 fully saturated rings. The Kier molecular flexibility index (Phi) is 4.27. The maximum Gasteiger partial charge on any atom is 0.247 e. The number of rotatable bonds is 5. The lowest BCUT2D eigenvalue weighted by atomic mass is 9.83. The van der Waals surface area contributed by atoms with Gasteiger partial charge in [-0.15, -0.1) is 11.3 Å². The van der Waals surface area contributed by atoms with Crippen molar-refractivity contribution in [3.63, 3.8) is 0 Å². The lowest BCUT2D eigenvalue weighted by Crippen LogP contribution is -2.29. The molecule has 0 aliphatic heterocycles. The zero-order chi connectivity index (χ0) is 14.0. The summed E-state index contributed by atoms with van der Waals surface area (Å²) in [5, 5.41) is 7.95. The molecule has 1 aliphatic carbocycles. The average molecular weight is 302 g/mol. The molecule has 7 heteroatoms. The van der Waals surface area contributed by atoms with E-state index < -0.39 is 10.0 Å². The molecule has 0 bridgehead atoms. The summed E-state index contributed by atoms with van der Waals surface area (Å²) in [4.78, 5) is 12.6. The van der Waals surface area contributed by atoms with E-state index in [9.17, 15) is 13.2 Å². The predicted octanol–water partition coefficient (Wildman–Crippen LogP) is 1.76. The van der Waals surface area contributed by atoms with E-state index in [2.05, 4.69) is 5.32 Å². The molecule has 1 unspecified atom stereocenters. The molecule has 5 nitrogen and oxygen atoms in total. The normalized spacial score (nSPS) is 17.8. The van der Waals surface area contributed by atoms with Crippen LogP contribution in [0.3, 0.4) is 0 Å². The number of hydrogen-bond donors (Lipinski definition) is 2. The Morgan fingerprint density at radius 1 is 1.53 bits per heavy atom. The smallest absolute Gasteiger partial charge is 0.247 e. The number of carbonyl (C=O) groups is 1. The van der Waals surface area contributed by atoms with Crippen molar-refractivity contribution < 1.29 is 13.2 Å². The molecule has 1 atom stereocenters. The SMILES string of the molecule is CC(NC(=O)CC1CCC1)c1ccc(S(N)(=O)=O)s1. The summed E-state index contributed by atoms with van der Waals surface area (Å²) in [6.07, 6.45) is 4.06. The van der Waals surface area contributed by atoms with Gasteiger partial charge in [-0.1, -0.05) is 6.42 Å². The maximum atomic E-state index is 11.8. The van der Waals surface area contributed by atoms with E-state index in [0.717, 1.165) is 29.1 Å². The minimum atomic E-state index is -3.65. The highest BCUT2D eigenvalue weighted by Crippen LogP contribution is 2.30. The van der Waals surface area contributed by atoms with Gasteiger partial charge in [0.2, 0.25) is 15.9 Å². The van der Waals surface area contributed by atoms with Crippen LogP contribution in [0.5, 0.6) is 0 Å². The zero-order valence-corrected chi connectivity index (χ0v) is 12.4. The standard InChI is InChI=1S/C12H18N2O3S2/c1-8(14-11(15)7-9-3-2-4-9)10-5-6-12(18-10)19(13,16)17/h5-6,8-9H,2-4,7H2,1H3,(H,14,15)(H2,13,16,17). The molecule has 0 radical (unpaired) electrons. The summed E-state index contributed by atoms with van der Waals surface area (Å²) < 4.78 is 22.5. The Morgan fingerprint density at radius 2 is 2.21 bits per heavy atom. The van der Waals surface area contributed by atoms with Crippen molar-refractivity contribution in [2.24, 2.45) is 11.1 Å². The molecule has 106 valence electrons.